The first-order valence-corrected chi connectivity index (χ1v) is 11.5. The standard InChI is InChI=1S/C28H22F2N4O2/c1-17(23-7-5-21(29)15-32-23)10-27(35)20-12-18(24-8-6-22(30)16-33-24)11-19(13-20)26-14-28(36-34-26)25-4-2-3-9-31-25/h2-9,11-13,15-17,28H,10,14H2,1H3/t17-,28-/m0/s1. The number of pyridine rings is 3. The predicted octanol–water partition coefficient (Wildman–Crippen LogP) is 6.06. The summed E-state index contributed by atoms with van der Waals surface area (Å²) in [6, 6.07) is 16.8. The Kier molecular flexibility index (Phi) is 6.58. The quantitative estimate of drug-likeness (QED) is 0.298. The van der Waals surface area contributed by atoms with Crippen molar-refractivity contribution >= 4 is 11.5 Å². The van der Waals surface area contributed by atoms with E-state index in [0.29, 0.717) is 40.2 Å². The third kappa shape index (κ3) is 5.17. The number of aromatic nitrogens is 3. The molecule has 8 heteroatoms. The molecule has 180 valence electrons. The average molecular weight is 485 g/mol. The van der Waals surface area contributed by atoms with Crippen molar-refractivity contribution in [2.24, 2.45) is 5.16 Å². The first-order chi connectivity index (χ1) is 17.5. The number of rotatable bonds is 7. The third-order valence-electron chi connectivity index (χ3n) is 6.04. The van der Waals surface area contributed by atoms with Gasteiger partial charge in [0, 0.05) is 47.3 Å². The molecule has 0 N–H and O–H groups in total. The molecule has 0 bridgehead atoms. The summed E-state index contributed by atoms with van der Waals surface area (Å²) in [6.45, 7) is 1.87. The number of ketones is 1. The lowest BCUT2D eigenvalue weighted by Crippen LogP contribution is -2.09. The van der Waals surface area contributed by atoms with Crippen molar-refractivity contribution < 1.29 is 18.4 Å². The van der Waals surface area contributed by atoms with E-state index < -0.39 is 11.6 Å². The highest BCUT2D eigenvalue weighted by Gasteiger charge is 2.26. The maximum absolute atomic E-state index is 13.5. The van der Waals surface area contributed by atoms with Crippen LogP contribution >= 0.6 is 0 Å². The predicted molar refractivity (Wildman–Crippen MR) is 130 cm³/mol. The molecule has 1 aliphatic rings. The van der Waals surface area contributed by atoms with Gasteiger partial charge >= 0.3 is 0 Å². The molecular formula is C28H22F2N4O2. The molecule has 3 aromatic heterocycles. The fourth-order valence-electron chi connectivity index (χ4n) is 4.10. The summed E-state index contributed by atoms with van der Waals surface area (Å²) < 4.78 is 26.7. The van der Waals surface area contributed by atoms with Gasteiger partial charge in [-0.05, 0) is 54.6 Å². The normalized spacial score (nSPS) is 15.8. The molecule has 0 radical (unpaired) electrons. The summed E-state index contributed by atoms with van der Waals surface area (Å²) in [5, 5.41) is 4.27. The zero-order valence-electron chi connectivity index (χ0n) is 19.4. The van der Waals surface area contributed by atoms with Gasteiger partial charge in [0.2, 0.25) is 0 Å². The molecule has 1 aliphatic heterocycles. The molecule has 0 spiro atoms. The Morgan fingerprint density at radius 2 is 1.75 bits per heavy atom. The number of Topliss-reactive ketones (excluding diaryl/α,β-unsaturated/α-hetero) is 1. The van der Waals surface area contributed by atoms with E-state index in [9.17, 15) is 13.6 Å². The lowest BCUT2D eigenvalue weighted by molar-refractivity contribution is 0.0826. The number of hydrogen-bond acceptors (Lipinski definition) is 6. The molecule has 0 unspecified atom stereocenters. The summed E-state index contributed by atoms with van der Waals surface area (Å²) in [5.74, 6) is -1.20. The number of carbonyl (C=O) groups excluding carboxylic acids is 1. The van der Waals surface area contributed by atoms with Crippen LogP contribution in [0, 0.1) is 11.6 Å². The van der Waals surface area contributed by atoms with Crippen LogP contribution in [0.3, 0.4) is 0 Å². The molecule has 4 aromatic rings. The van der Waals surface area contributed by atoms with Gasteiger partial charge in [-0.1, -0.05) is 18.1 Å². The molecule has 0 fully saturated rings. The van der Waals surface area contributed by atoms with Crippen LogP contribution in [0.4, 0.5) is 8.78 Å². The van der Waals surface area contributed by atoms with Crippen LogP contribution in [0.1, 0.15) is 59.1 Å². The summed E-state index contributed by atoms with van der Waals surface area (Å²) in [7, 11) is 0. The van der Waals surface area contributed by atoms with Gasteiger partial charge in [0.25, 0.3) is 0 Å². The van der Waals surface area contributed by atoms with E-state index in [2.05, 4.69) is 20.1 Å². The summed E-state index contributed by atoms with van der Waals surface area (Å²) in [5.41, 5.74) is 4.45. The molecule has 36 heavy (non-hydrogen) atoms. The lowest BCUT2D eigenvalue weighted by Gasteiger charge is -2.13. The van der Waals surface area contributed by atoms with Gasteiger partial charge in [-0.3, -0.25) is 19.7 Å². The molecule has 0 aliphatic carbocycles. The van der Waals surface area contributed by atoms with Crippen LogP contribution in [-0.2, 0) is 4.84 Å². The lowest BCUT2D eigenvalue weighted by atomic mass is 9.92. The molecule has 5 rings (SSSR count). The van der Waals surface area contributed by atoms with Gasteiger partial charge in [-0.25, -0.2) is 8.78 Å². The minimum absolute atomic E-state index is 0.111. The van der Waals surface area contributed by atoms with E-state index >= 15 is 0 Å². The molecule has 4 heterocycles. The van der Waals surface area contributed by atoms with Crippen molar-refractivity contribution in [2.45, 2.75) is 31.8 Å². The number of carbonyl (C=O) groups is 1. The molecule has 0 amide bonds. The fraction of sp³-hybridized carbons (Fsp3) is 0.179. The second kappa shape index (κ2) is 10.1. The Morgan fingerprint density at radius 3 is 2.44 bits per heavy atom. The third-order valence-corrected chi connectivity index (χ3v) is 6.04. The highest BCUT2D eigenvalue weighted by Crippen LogP contribution is 2.31. The number of benzene rings is 1. The maximum Gasteiger partial charge on any atom is 0.174 e. The van der Waals surface area contributed by atoms with Gasteiger partial charge in [0.1, 0.15) is 11.6 Å². The Balaban J connectivity index is 1.45. The molecule has 6 nitrogen and oxygen atoms in total. The molecular weight excluding hydrogens is 462 g/mol. The second-order valence-corrected chi connectivity index (χ2v) is 8.68. The van der Waals surface area contributed by atoms with Crippen molar-refractivity contribution in [3.63, 3.8) is 0 Å². The van der Waals surface area contributed by atoms with Crippen LogP contribution < -0.4 is 0 Å². The van der Waals surface area contributed by atoms with Gasteiger partial charge in [-0.15, -0.1) is 0 Å². The molecule has 0 saturated heterocycles. The van der Waals surface area contributed by atoms with Crippen LogP contribution in [0.15, 0.2) is 84.4 Å². The van der Waals surface area contributed by atoms with Gasteiger partial charge < -0.3 is 4.84 Å². The average Bonchev–Trinajstić information content (AvgIpc) is 3.40. The van der Waals surface area contributed by atoms with E-state index in [-0.39, 0.29) is 24.2 Å². The van der Waals surface area contributed by atoms with E-state index in [1.54, 1.807) is 30.5 Å². The van der Waals surface area contributed by atoms with E-state index in [1.807, 2.05) is 31.2 Å². The Bertz CT molecular complexity index is 1410. The van der Waals surface area contributed by atoms with E-state index in [1.165, 1.54) is 12.1 Å². The van der Waals surface area contributed by atoms with Crippen LogP contribution in [-0.4, -0.2) is 26.4 Å². The number of hydrogen-bond donors (Lipinski definition) is 0. The first-order valence-electron chi connectivity index (χ1n) is 11.5. The first kappa shape index (κ1) is 23.4. The van der Waals surface area contributed by atoms with Crippen LogP contribution in [0.5, 0.6) is 0 Å². The van der Waals surface area contributed by atoms with Crippen molar-refractivity contribution in [1.82, 2.24) is 15.0 Å². The topological polar surface area (TPSA) is 77.3 Å². The van der Waals surface area contributed by atoms with Crippen LogP contribution in [0.25, 0.3) is 11.3 Å². The highest BCUT2D eigenvalue weighted by molar-refractivity contribution is 6.05. The maximum atomic E-state index is 13.5. The number of oxime groups is 1. The Hall–Kier alpha value is -4.33. The summed E-state index contributed by atoms with van der Waals surface area (Å²) >= 11 is 0. The fourth-order valence-corrected chi connectivity index (χ4v) is 4.10. The second-order valence-electron chi connectivity index (χ2n) is 8.68. The minimum Gasteiger partial charge on any atom is -0.385 e. The molecule has 1 aromatic carbocycles. The van der Waals surface area contributed by atoms with Gasteiger partial charge in [0.15, 0.2) is 11.9 Å². The number of halogens is 2. The van der Waals surface area contributed by atoms with Crippen molar-refractivity contribution in [3.05, 3.63) is 113 Å². The molecule has 2 atom stereocenters. The summed E-state index contributed by atoms with van der Waals surface area (Å²) in [4.78, 5) is 31.6. The van der Waals surface area contributed by atoms with Crippen LogP contribution in [0.2, 0.25) is 0 Å². The van der Waals surface area contributed by atoms with Crippen molar-refractivity contribution in [3.8, 4) is 11.3 Å². The Morgan fingerprint density at radius 1 is 0.972 bits per heavy atom. The number of nitrogens with zero attached hydrogens (tertiary/aromatic N) is 4. The van der Waals surface area contributed by atoms with E-state index in [0.717, 1.165) is 18.1 Å². The smallest absolute Gasteiger partial charge is 0.174 e. The Labute approximate surface area is 206 Å². The highest BCUT2D eigenvalue weighted by atomic mass is 19.1. The minimum atomic E-state index is -0.446. The largest absolute Gasteiger partial charge is 0.385 e. The zero-order chi connectivity index (χ0) is 25.1. The zero-order valence-corrected chi connectivity index (χ0v) is 19.4. The SMILES string of the molecule is C[C@@H](CC(=O)c1cc(C2=NO[C@H](c3ccccn3)C2)cc(-c2ccc(F)cn2)c1)c1ccc(F)cn1. The van der Waals surface area contributed by atoms with Gasteiger partial charge in [-0.2, -0.15) is 0 Å². The summed E-state index contributed by atoms with van der Waals surface area (Å²) in [6.07, 6.45) is 4.33. The van der Waals surface area contributed by atoms with Crippen molar-refractivity contribution in [1.29, 1.82) is 0 Å². The van der Waals surface area contributed by atoms with Crippen molar-refractivity contribution in [2.75, 3.05) is 0 Å². The van der Waals surface area contributed by atoms with Gasteiger partial charge in [0.05, 0.1) is 29.5 Å². The van der Waals surface area contributed by atoms with E-state index in [4.69, 9.17) is 4.84 Å². The monoisotopic (exact) mass is 484 g/mol. The molecule has 0 saturated carbocycles.